The van der Waals surface area contributed by atoms with Gasteiger partial charge in [0, 0.05) is 24.2 Å². The normalized spacial score (nSPS) is 12.9. The lowest BCUT2D eigenvalue weighted by atomic mass is 10.1. The quantitative estimate of drug-likeness (QED) is 0.778. The van der Waals surface area contributed by atoms with Gasteiger partial charge in [0.15, 0.2) is 0 Å². The first kappa shape index (κ1) is 13.9. The van der Waals surface area contributed by atoms with E-state index in [-0.39, 0.29) is 6.04 Å². The average Bonchev–Trinajstić information content (AvgIpc) is 3.03. The Balaban J connectivity index is 2.04. The van der Waals surface area contributed by atoms with Crippen LogP contribution in [0.3, 0.4) is 0 Å². The number of furan rings is 1. The first-order chi connectivity index (χ1) is 10.2. The summed E-state index contributed by atoms with van der Waals surface area (Å²) in [6, 6.07) is 10.3. The summed E-state index contributed by atoms with van der Waals surface area (Å²) in [5, 5.41) is 9.16. The van der Waals surface area contributed by atoms with Gasteiger partial charge in [-0.15, -0.1) is 0 Å². The molecule has 0 fully saturated rings. The molecule has 1 N–H and O–H groups in total. The Morgan fingerprint density at radius 3 is 2.81 bits per heavy atom. The molecule has 1 atom stereocenters. The van der Waals surface area contributed by atoms with Crippen LogP contribution in [0.1, 0.15) is 36.4 Å². The van der Waals surface area contributed by atoms with Gasteiger partial charge >= 0.3 is 0 Å². The molecular formula is C17H21N3O. The second kappa shape index (κ2) is 5.74. The van der Waals surface area contributed by atoms with Gasteiger partial charge < -0.3 is 9.73 Å². The van der Waals surface area contributed by atoms with Crippen LogP contribution < -0.4 is 5.32 Å². The zero-order chi connectivity index (χ0) is 14.8. The molecule has 0 aliphatic heterocycles. The summed E-state index contributed by atoms with van der Waals surface area (Å²) >= 11 is 0. The van der Waals surface area contributed by atoms with Crippen molar-refractivity contribution >= 4 is 11.0 Å². The third kappa shape index (κ3) is 2.72. The highest BCUT2D eigenvalue weighted by Crippen LogP contribution is 2.29. The van der Waals surface area contributed by atoms with Gasteiger partial charge in [0.2, 0.25) is 0 Å². The summed E-state index contributed by atoms with van der Waals surface area (Å²) in [6.45, 7) is 5.15. The van der Waals surface area contributed by atoms with Crippen molar-refractivity contribution < 1.29 is 4.42 Å². The summed E-state index contributed by atoms with van der Waals surface area (Å²) in [5.41, 5.74) is 3.13. The molecule has 4 nitrogen and oxygen atoms in total. The van der Waals surface area contributed by atoms with Gasteiger partial charge in [0.1, 0.15) is 11.3 Å². The molecule has 0 amide bonds. The molecular weight excluding hydrogens is 262 g/mol. The highest BCUT2D eigenvalue weighted by Gasteiger charge is 2.21. The van der Waals surface area contributed by atoms with Crippen molar-refractivity contribution in [1.82, 2.24) is 15.1 Å². The number of benzene rings is 1. The van der Waals surface area contributed by atoms with E-state index in [0.29, 0.717) is 0 Å². The van der Waals surface area contributed by atoms with Crippen molar-refractivity contribution in [1.29, 1.82) is 0 Å². The van der Waals surface area contributed by atoms with Crippen molar-refractivity contribution in [2.24, 2.45) is 7.05 Å². The van der Waals surface area contributed by atoms with Crippen LogP contribution in [-0.4, -0.2) is 16.3 Å². The number of hydrogen-bond donors (Lipinski definition) is 1. The Bertz CT molecular complexity index is 708. The van der Waals surface area contributed by atoms with Crippen LogP contribution in [-0.2, 0) is 7.05 Å². The standard InChI is InChI=1S/C17H21N3O/c1-4-9-18-17(14-11-20(3)19-12(14)2)16-10-13-7-5-6-8-15(13)21-16/h5-8,10-11,17-18H,4,9H2,1-3H3. The summed E-state index contributed by atoms with van der Waals surface area (Å²) in [5.74, 6) is 0.945. The molecule has 21 heavy (non-hydrogen) atoms. The van der Waals surface area contributed by atoms with Gasteiger partial charge in [0.25, 0.3) is 0 Å². The van der Waals surface area contributed by atoms with E-state index in [2.05, 4.69) is 35.7 Å². The van der Waals surface area contributed by atoms with Crippen molar-refractivity contribution in [2.75, 3.05) is 6.54 Å². The molecule has 2 aromatic heterocycles. The molecule has 0 spiro atoms. The van der Waals surface area contributed by atoms with Crippen LogP contribution in [0.2, 0.25) is 0 Å². The van der Waals surface area contributed by atoms with Crippen molar-refractivity contribution in [3.8, 4) is 0 Å². The van der Waals surface area contributed by atoms with E-state index in [9.17, 15) is 0 Å². The van der Waals surface area contributed by atoms with Crippen LogP contribution in [0, 0.1) is 6.92 Å². The lowest BCUT2D eigenvalue weighted by Crippen LogP contribution is -2.23. The fraction of sp³-hybridized carbons (Fsp3) is 0.353. The van der Waals surface area contributed by atoms with Gasteiger partial charge in [-0.05, 0) is 32.0 Å². The first-order valence-electron chi connectivity index (χ1n) is 7.41. The summed E-state index contributed by atoms with van der Waals surface area (Å²) in [7, 11) is 1.95. The Morgan fingerprint density at radius 2 is 2.14 bits per heavy atom. The van der Waals surface area contributed by atoms with Crippen molar-refractivity contribution in [2.45, 2.75) is 26.3 Å². The van der Waals surface area contributed by atoms with E-state index >= 15 is 0 Å². The number of para-hydroxylation sites is 1. The molecule has 0 aliphatic carbocycles. The fourth-order valence-corrected chi connectivity index (χ4v) is 2.70. The minimum atomic E-state index is 0.0473. The lowest BCUT2D eigenvalue weighted by Gasteiger charge is -2.15. The Hall–Kier alpha value is -2.07. The Morgan fingerprint density at radius 1 is 1.33 bits per heavy atom. The third-order valence-corrected chi connectivity index (χ3v) is 3.69. The molecule has 0 aliphatic rings. The molecule has 0 bridgehead atoms. The van der Waals surface area contributed by atoms with E-state index in [1.807, 2.05) is 36.9 Å². The minimum Gasteiger partial charge on any atom is -0.459 e. The molecule has 1 unspecified atom stereocenters. The zero-order valence-electron chi connectivity index (χ0n) is 12.8. The average molecular weight is 283 g/mol. The van der Waals surface area contributed by atoms with E-state index in [4.69, 9.17) is 4.42 Å². The van der Waals surface area contributed by atoms with Crippen LogP contribution in [0.5, 0.6) is 0 Å². The van der Waals surface area contributed by atoms with Gasteiger partial charge in [0.05, 0.1) is 11.7 Å². The summed E-state index contributed by atoms with van der Waals surface area (Å²) < 4.78 is 7.90. The molecule has 3 aromatic rings. The highest BCUT2D eigenvalue weighted by molar-refractivity contribution is 5.78. The number of nitrogens with zero attached hydrogens (tertiary/aromatic N) is 2. The van der Waals surface area contributed by atoms with Gasteiger partial charge in [-0.3, -0.25) is 4.68 Å². The third-order valence-electron chi connectivity index (χ3n) is 3.69. The minimum absolute atomic E-state index is 0.0473. The second-order valence-corrected chi connectivity index (χ2v) is 5.42. The number of nitrogens with one attached hydrogen (secondary N) is 1. The monoisotopic (exact) mass is 283 g/mol. The van der Waals surface area contributed by atoms with Crippen molar-refractivity contribution in [3.63, 3.8) is 0 Å². The number of rotatable bonds is 5. The number of aromatic nitrogens is 2. The smallest absolute Gasteiger partial charge is 0.134 e. The number of fused-ring (bicyclic) bond motifs is 1. The molecule has 3 rings (SSSR count). The predicted molar refractivity (Wildman–Crippen MR) is 84.3 cm³/mol. The van der Waals surface area contributed by atoms with Crippen molar-refractivity contribution in [3.05, 3.63) is 53.5 Å². The fourth-order valence-electron chi connectivity index (χ4n) is 2.70. The molecule has 0 saturated carbocycles. The Labute approximate surface area is 124 Å². The SMILES string of the molecule is CCCNC(c1cc2ccccc2o1)c1cn(C)nc1C. The Kier molecular flexibility index (Phi) is 3.80. The van der Waals surface area contributed by atoms with E-state index in [1.54, 1.807) is 0 Å². The van der Waals surface area contributed by atoms with Crippen LogP contribution in [0.4, 0.5) is 0 Å². The summed E-state index contributed by atoms with van der Waals surface area (Å²) in [6.07, 6.45) is 3.14. The second-order valence-electron chi connectivity index (χ2n) is 5.42. The van der Waals surface area contributed by atoms with Crippen LogP contribution >= 0.6 is 0 Å². The maximum atomic E-state index is 6.05. The van der Waals surface area contributed by atoms with E-state index in [1.165, 1.54) is 5.56 Å². The molecule has 0 saturated heterocycles. The maximum absolute atomic E-state index is 6.05. The first-order valence-corrected chi connectivity index (χ1v) is 7.41. The molecule has 4 heteroatoms. The zero-order valence-corrected chi connectivity index (χ0v) is 12.8. The van der Waals surface area contributed by atoms with Gasteiger partial charge in [-0.1, -0.05) is 25.1 Å². The molecule has 2 heterocycles. The van der Waals surface area contributed by atoms with E-state index in [0.717, 1.165) is 35.4 Å². The van der Waals surface area contributed by atoms with Gasteiger partial charge in [-0.2, -0.15) is 5.10 Å². The summed E-state index contributed by atoms with van der Waals surface area (Å²) in [4.78, 5) is 0. The van der Waals surface area contributed by atoms with Gasteiger partial charge in [-0.25, -0.2) is 0 Å². The molecule has 0 radical (unpaired) electrons. The van der Waals surface area contributed by atoms with Crippen LogP contribution in [0.25, 0.3) is 11.0 Å². The largest absolute Gasteiger partial charge is 0.459 e. The lowest BCUT2D eigenvalue weighted by molar-refractivity contribution is 0.468. The molecule has 1 aromatic carbocycles. The topological polar surface area (TPSA) is 43.0 Å². The number of aryl methyl sites for hydroxylation is 2. The number of hydrogen-bond acceptors (Lipinski definition) is 3. The van der Waals surface area contributed by atoms with E-state index < -0.39 is 0 Å². The maximum Gasteiger partial charge on any atom is 0.134 e. The predicted octanol–water partition coefficient (Wildman–Crippen LogP) is 3.56. The van der Waals surface area contributed by atoms with Crippen LogP contribution in [0.15, 0.2) is 40.9 Å². The molecule has 110 valence electrons. The highest BCUT2D eigenvalue weighted by atomic mass is 16.3.